The van der Waals surface area contributed by atoms with Crippen LogP contribution in [0.25, 0.3) is 0 Å². The highest BCUT2D eigenvalue weighted by Gasteiger charge is 2.27. The maximum atomic E-state index is 14.0. The molecule has 0 bridgehead atoms. The number of ether oxygens (including phenoxy) is 2. The van der Waals surface area contributed by atoms with Crippen LogP contribution in [0.5, 0.6) is 0 Å². The van der Waals surface area contributed by atoms with E-state index >= 15 is 0 Å². The van der Waals surface area contributed by atoms with Crippen LogP contribution in [-0.4, -0.2) is 57.0 Å². The highest BCUT2D eigenvalue weighted by molar-refractivity contribution is 7.91. The summed E-state index contributed by atoms with van der Waals surface area (Å²) in [5.74, 6) is -3.88. The van der Waals surface area contributed by atoms with Gasteiger partial charge in [-0.2, -0.15) is 0 Å². The molecule has 13 heteroatoms. The lowest BCUT2D eigenvalue weighted by Crippen LogP contribution is -2.17. The number of benzene rings is 2. The van der Waals surface area contributed by atoms with Crippen molar-refractivity contribution in [2.24, 2.45) is 0 Å². The first-order valence-corrected chi connectivity index (χ1v) is 15.7. The molecule has 0 saturated heterocycles. The van der Waals surface area contributed by atoms with Crippen LogP contribution in [0.4, 0.5) is 11.4 Å². The number of carbonyl (C=O) groups excluding carboxylic acids is 6. The van der Waals surface area contributed by atoms with Crippen LogP contribution in [-0.2, 0) is 48.1 Å². The van der Waals surface area contributed by atoms with Crippen LogP contribution in [0.15, 0.2) is 94.8 Å². The number of ketones is 2. The number of aryl methyl sites for hydroxylation is 2. The lowest BCUT2D eigenvalue weighted by Gasteiger charge is -2.17. The summed E-state index contributed by atoms with van der Waals surface area (Å²) in [6.45, 7) is 12.6. The van der Waals surface area contributed by atoms with Gasteiger partial charge in [0.25, 0.3) is 0 Å². The van der Waals surface area contributed by atoms with Crippen LogP contribution >= 0.6 is 0 Å². The number of sulfone groups is 1. The van der Waals surface area contributed by atoms with E-state index < -0.39 is 45.2 Å². The average molecular weight is 665 g/mol. The largest absolute Gasteiger partial charge is 0.462 e. The fourth-order valence-electron chi connectivity index (χ4n) is 3.74. The Labute approximate surface area is 273 Å². The van der Waals surface area contributed by atoms with Crippen molar-refractivity contribution in [2.75, 3.05) is 23.8 Å². The van der Waals surface area contributed by atoms with Crippen molar-refractivity contribution in [3.05, 3.63) is 96.1 Å². The monoisotopic (exact) mass is 664 g/mol. The van der Waals surface area contributed by atoms with E-state index in [-0.39, 0.29) is 58.4 Å². The van der Waals surface area contributed by atoms with E-state index in [1.165, 1.54) is 38.1 Å². The van der Waals surface area contributed by atoms with Gasteiger partial charge < -0.3 is 20.1 Å². The number of carbonyl (C=O) groups is 6. The predicted molar refractivity (Wildman–Crippen MR) is 174 cm³/mol. The molecule has 0 aliphatic carbocycles. The minimum absolute atomic E-state index is 0.0402. The van der Waals surface area contributed by atoms with E-state index in [1.54, 1.807) is 26.0 Å². The quantitative estimate of drug-likeness (QED) is 0.194. The number of amides is 2. The Morgan fingerprint density at radius 2 is 1.02 bits per heavy atom. The van der Waals surface area contributed by atoms with Crippen molar-refractivity contribution in [3.8, 4) is 0 Å². The maximum absolute atomic E-state index is 14.0. The highest BCUT2D eigenvalue weighted by atomic mass is 32.2. The van der Waals surface area contributed by atoms with E-state index in [0.29, 0.717) is 11.1 Å². The molecule has 2 rings (SSSR count). The number of esters is 2. The van der Waals surface area contributed by atoms with Crippen LogP contribution in [0, 0.1) is 13.8 Å². The number of hydrogen-bond acceptors (Lipinski definition) is 10. The lowest BCUT2D eigenvalue weighted by atomic mass is 10.2. The zero-order chi connectivity index (χ0) is 35.3. The van der Waals surface area contributed by atoms with Crippen molar-refractivity contribution in [1.82, 2.24) is 0 Å². The summed E-state index contributed by atoms with van der Waals surface area (Å²) >= 11 is 0. The van der Waals surface area contributed by atoms with Gasteiger partial charge in [-0.05, 0) is 63.1 Å². The second kappa shape index (κ2) is 17.3. The van der Waals surface area contributed by atoms with Crippen LogP contribution in [0.3, 0.4) is 0 Å². The van der Waals surface area contributed by atoms with Gasteiger partial charge in [-0.25, -0.2) is 18.0 Å². The summed E-state index contributed by atoms with van der Waals surface area (Å²) in [5.41, 5.74) is 1.08. The van der Waals surface area contributed by atoms with Crippen molar-refractivity contribution in [2.45, 2.75) is 50.3 Å². The molecule has 2 N–H and O–H groups in total. The van der Waals surface area contributed by atoms with Gasteiger partial charge in [-0.3, -0.25) is 19.2 Å². The molecular formula is C34H36N2O10S. The molecule has 0 aliphatic heterocycles. The molecule has 0 heterocycles. The number of anilines is 2. The van der Waals surface area contributed by atoms with Gasteiger partial charge in [-0.15, -0.1) is 0 Å². The molecular weight excluding hydrogens is 628 g/mol. The van der Waals surface area contributed by atoms with Crippen molar-refractivity contribution in [3.63, 3.8) is 0 Å². The Kier molecular flexibility index (Phi) is 13.9. The lowest BCUT2D eigenvalue weighted by molar-refractivity contribution is -0.140. The average Bonchev–Trinajstić information content (AvgIpc) is 3.00. The number of rotatable bonds is 16. The van der Waals surface area contributed by atoms with Gasteiger partial charge in [0.05, 0.1) is 34.4 Å². The zero-order valence-corrected chi connectivity index (χ0v) is 27.3. The Morgan fingerprint density at radius 3 is 1.36 bits per heavy atom. The Hall–Kier alpha value is -5.43. The molecule has 248 valence electrons. The molecule has 0 spiro atoms. The maximum Gasteiger partial charge on any atom is 0.333 e. The number of para-hydroxylation sites is 2. The zero-order valence-electron chi connectivity index (χ0n) is 26.5. The Bertz CT molecular complexity index is 1660. The van der Waals surface area contributed by atoms with Gasteiger partial charge in [0, 0.05) is 36.1 Å². The molecule has 2 aromatic carbocycles. The third-order valence-electron chi connectivity index (χ3n) is 6.25. The van der Waals surface area contributed by atoms with Gasteiger partial charge >= 0.3 is 11.9 Å². The van der Waals surface area contributed by atoms with E-state index in [1.807, 2.05) is 0 Å². The van der Waals surface area contributed by atoms with Crippen molar-refractivity contribution >= 4 is 56.5 Å². The van der Waals surface area contributed by atoms with E-state index in [4.69, 9.17) is 9.47 Å². The normalized spacial score (nSPS) is 11.1. The molecule has 47 heavy (non-hydrogen) atoms. The summed E-state index contributed by atoms with van der Waals surface area (Å²) in [6, 6.07) is 8.71. The summed E-state index contributed by atoms with van der Waals surface area (Å²) < 4.78 is 37.7. The smallest absolute Gasteiger partial charge is 0.333 e. The molecule has 12 nitrogen and oxygen atoms in total. The van der Waals surface area contributed by atoms with Crippen molar-refractivity contribution in [1.29, 1.82) is 0 Å². The fourth-order valence-corrected chi connectivity index (χ4v) is 5.45. The standard InChI is InChI=1S/C34H36N2O10S/c1-21(2)33(41)45-19-17-25(37)13-15-29(39)35-31-23(5)9-7-11-27(31)47(43,44)28-12-8-10-24(6)32(28)36-30(40)16-14-26(38)18-20-46-34(42)22(3)4/h7-16H,1,3,17-20H2,2,4-6H3,(H,35,39)(H,36,40)/b15-13+,16-14+. The summed E-state index contributed by atoms with van der Waals surface area (Å²) in [6.07, 6.45) is 3.48. The molecule has 0 aromatic heterocycles. The Morgan fingerprint density at radius 1 is 0.660 bits per heavy atom. The van der Waals surface area contributed by atoms with Crippen LogP contribution < -0.4 is 10.6 Å². The molecule has 0 unspecified atom stereocenters. The third-order valence-corrected chi connectivity index (χ3v) is 8.08. The molecule has 0 aliphatic rings. The van der Waals surface area contributed by atoms with Gasteiger partial charge in [-0.1, -0.05) is 37.4 Å². The molecule has 2 aromatic rings. The minimum atomic E-state index is -4.38. The summed E-state index contributed by atoms with van der Waals surface area (Å²) in [7, 11) is -4.38. The summed E-state index contributed by atoms with van der Waals surface area (Å²) in [4.78, 5) is 72.0. The van der Waals surface area contributed by atoms with Gasteiger partial charge in [0.15, 0.2) is 11.6 Å². The molecule has 0 atom stereocenters. The molecule has 0 saturated carbocycles. The number of hydrogen-bond donors (Lipinski definition) is 2. The van der Waals surface area contributed by atoms with Gasteiger partial charge in [0.2, 0.25) is 21.7 Å². The first-order chi connectivity index (χ1) is 22.0. The first-order valence-electron chi connectivity index (χ1n) is 14.2. The number of nitrogens with one attached hydrogen (secondary N) is 2. The minimum Gasteiger partial charge on any atom is -0.462 e. The molecule has 0 radical (unpaired) electrons. The van der Waals surface area contributed by atoms with Gasteiger partial charge in [0.1, 0.15) is 0 Å². The fraction of sp³-hybridized carbons (Fsp3) is 0.235. The van der Waals surface area contributed by atoms with Crippen LogP contribution in [0.2, 0.25) is 0 Å². The molecule has 0 fully saturated rings. The predicted octanol–water partition coefficient (Wildman–Crippen LogP) is 4.28. The van der Waals surface area contributed by atoms with Crippen LogP contribution in [0.1, 0.15) is 37.8 Å². The highest BCUT2D eigenvalue weighted by Crippen LogP contribution is 2.35. The second-order valence-corrected chi connectivity index (χ2v) is 12.2. The number of allylic oxidation sites excluding steroid dienone is 2. The Balaban J connectivity index is 2.24. The first kappa shape index (κ1) is 37.8. The SMILES string of the molecule is C=C(C)C(=O)OCCC(=O)/C=C/C(=O)Nc1c(C)cccc1S(=O)(=O)c1cccc(C)c1NC(=O)/C=C/C(=O)CCOC(=O)C(=C)C. The second-order valence-electron chi connectivity index (χ2n) is 10.3. The van der Waals surface area contributed by atoms with Crippen molar-refractivity contribution < 1.29 is 46.7 Å². The topological polar surface area (TPSA) is 179 Å². The van der Waals surface area contributed by atoms with E-state index in [2.05, 4.69) is 23.8 Å². The molecule has 2 amide bonds. The summed E-state index contributed by atoms with van der Waals surface area (Å²) in [5, 5.41) is 5.02. The van der Waals surface area contributed by atoms with E-state index in [0.717, 1.165) is 24.3 Å². The van der Waals surface area contributed by atoms with E-state index in [9.17, 15) is 37.2 Å². The third kappa shape index (κ3) is 11.5.